The lowest BCUT2D eigenvalue weighted by Gasteiger charge is -2.44. The Bertz CT molecular complexity index is 1370. The average Bonchev–Trinajstić information content (AvgIpc) is 3.57. The third-order valence-corrected chi connectivity index (χ3v) is 10.1. The highest BCUT2D eigenvalue weighted by molar-refractivity contribution is 5.93. The van der Waals surface area contributed by atoms with Crippen LogP contribution in [0.2, 0.25) is 0 Å². The van der Waals surface area contributed by atoms with Crippen LogP contribution in [-0.4, -0.2) is 90.8 Å². The van der Waals surface area contributed by atoms with Gasteiger partial charge in [-0.25, -0.2) is 0 Å². The summed E-state index contributed by atoms with van der Waals surface area (Å²) in [7, 11) is 1.71. The Morgan fingerprint density at radius 1 is 0.936 bits per heavy atom. The number of benzene rings is 2. The smallest absolute Gasteiger partial charge is 0.245 e. The van der Waals surface area contributed by atoms with Crippen molar-refractivity contribution in [3.8, 4) is 0 Å². The van der Waals surface area contributed by atoms with E-state index in [0.717, 1.165) is 49.8 Å². The number of hydrogen-bond donors (Lipinski definition) is 4. The van der Waals surface area contributed by atoms with E-state index in [-0.39, 0.29) is 35.7 Å². The first-order chi connectivity index (χ1) is 22.8. The van der Waals surface area contributed by atoms with Gasteiger partial charge in [0.25, 0.3) is 0 Å². The number of unbranched alkanes of at least 4 members (excludes halogenated alkanes) is 1. The molecule has 10 heteroatoms. The van der Waals surface area contributed by atoms with E-state index in [2.05, 4.69) is 38.3 Å². The Kier molecular flexibility index (Phi) is 12.4. The van der Waals surface area contributed by atoms with Gasteiger partial charge in [-0.2, -0.15) is 0 Å². The predicted octanol–water partition coefficient (Wildman–Crippen LogP) is 2.87. The molecule has 10 nitrogen and oxygen atoms in total. The van der Waals surface area contributed by atoms with Crippen molar-refractivity contribution in [3.63, 3.8) is 0 Å². The molecule has 2 saturated heterocycles. The molecule has 1 aliphatic carbocycles. The van der Waals surface area contributed by atoms with Crippen molar-refractivity contribution in [2.45, 2.75) is 101 Å². The maximum atomic E-state index is 14.4. The van der Waals surface area contributed by atoms with Crippen molar-refractivity contribution in [2.75, 3.05) is 33.2 Å². The highest BCUT2D eigenvalue weighted by Crippen LogP contribution is 2.31. The van der Waals surface area contributed by atoms with E-state index in [0.29, 0.717) is 51.7 Å². The van der Waals surface area contributed by atoms with Crippen LogP contribution in [0.1, 0.15) is 81.0 Å². The number of carbonyl (C=O) groups excluding carboxylic acids is 4. The van der Waals surface area contributed by atoms with Crippen molar-refractivity contribution in [1.29, 1.82) is 0 Å². The largest absolute Gasteiger partial charge is 0.356 e. The molecule has 0 bridgehead atoms. The van der Waals surface area contributed by atoms with Crippen molar-refractivity contribution in [3.05, 3.63) is 71.3 Å². The zero-order valence-corrected chi connectivity index (χ0v) is 28.0. The number of piperazine rings is 1. The number of aryl methyl sites for hydroxylation is 2. The number of rotatable bonds is 14. The lowest BCUT2D eigenvalue weighted by Crippen LogP contribution is -2.65. The van der Waals surface area contributed by atoms with E-state index < -0.39 is 18.1 Å². The minimum atomic E-state index is -0.759. The van der Waals surface area contributed by atoms with Gasteiger partial charge in [-0.3, -0.25) is 24.1 Å². The molecule has 3 aliphatic rings. The van der Waals surface area contributed by atoms with Crippen molar-refractivity contribution < 1.29 is 19.2 Å². The lowest BCUT2D eigenvalue weighted by molar-refractivity contribution is -0.148. The van der Waals surface area contributed by atoms with Gasteiger partial charge in [-0.15, -0.1) is 0 Å². The van der Waals surface area contributed by atoms with E-state index in [9.17, 15) is 19.2 Å². The summed E-state index contributed by atoms with van der Waals surface area (Å²) in [6, 6.07) is 16.5. The molecule has 0 radical (unpaired) electrons. The van der Waals surface area contributed by atoms with Gasteiger partial charge < -0.3 is 26.2 Å². The minimum absolute atomic E-state index is 0.00139. The Morgan fingerprint density at radius 3 is 2.53 bits per heavy atom. The first-order valence-electron chi connectivity index (χ1n) is 17.5. The molecular weight excluding hydrogens is 592 g/mol. The van der Waals surface area contributed by atoms with Crippen LogP contribution in [0, 0.1) is 0 Å². The van der Waals surface area contributed by atoms with Crippen molar-refractivity contribution in [1.82, 2.24) is 31.1 Å². The molecule has 4 amide bonds. The van der Waals surface area contributed by atoms with E-state index in [4.69, 9.17) is 0 Å². The van der Waals surface area contributed by atoms with Gasteiger partial charge in [0.1, 0.15) is 12.1 Å². The fourth-order valence-corrected chi connectivity index (χ4v) is 7.23. The zero-order valence-electron chi connectivity index (χ0n) is 28.0. The summed E-state index contributed by atoms with van der Waals surface area (Å²) in [5.74, 6) is -0.581. The molecule has 254 valence electrons. The molecule has 5 atom stereocenters. The van der Waals surface area contributed by atoms with Gasteiger partial charge in [-0.1, -0.05) is 54.6 Å². The van der Waals surface area contributed by atoms with Gasteiger partial charge >= 0.3 is 0 Å². The molecular formula is C37H52N6O4. The molecule has 0 saturated carbocycles. The Labute approximate surface area is 279 Å². The number of fused-ring (bicyclic) bond motifs is 2. The number of hydrogen-bond acceptors (Lipinski definition) is 6. The van der Waals surface area contributed by atoms with E-state index >= 15 is 0 Å². The van der Waals surface area contributed by atoms with Crippen LogP contribution in [0.3, 0.4) is 0 Å². The Hall–Kier alpha value is -3.76. The molecule has 2 aromatic rings. The Morgan fingerprint density at radius 2 is 1.72 bits per heavy atom. The number of likely N-dealkylation sites (N-methyl/N-ethyl adjacent to an activating group) is 1. The maximum absolute atomic E-state index is 14.4. The fourth-order valence-electron chi connectivity index (χ4n) is 7.23. The quantitative estimate of drug-likeness (QED) is 0.235. The van der Waals surface area contributed by atoms with Crippen LogP contribution in [0.5, 0.6) is 0 Å². The van der Waals surface area contributed by atoms with Gasteiger partial charge in [0, 0.05) is 32.1 Å². The normalized spacial score (nSPS) is 22.0. The Balaban J connectivity index is 1.22. The van der Waals surface area contributed by atoms with Gasteiger partial charge in [0.2, 0.25) is 23.6 Å². The highest BCUT2D eigenvalue weighted by Gasteiger charge is 2.44. The van der Waals surface area contributed by atoms with Crippen LogP contribution in [0.25, 0.3) is 0 Å². The van der Waals surface area contributed by atoms with Crippen LogP contribution < -0.4 is 21.3 Å². The summed E-state index contributed by atoms with van der Waals surface area (Å²) >= 11 is 0. The number of nitrogens with zero attached hydrogens (tertiary/aromatic N) is 2. The fraction of sp³-hybridized carbons (Fsp3) is 0.568. The number of nitrogens with one attached hydrogen (secondary N) is 4. The molecule has 47 heavy (non-hydrogen) atoms. The molecule has 0 spiro atoms. The van der Waals surface area contributed by atoms with E-state index in [1.807, 2.05) is 42.5 Å². The summed E-state index contributed by atoms with van der Waals surface area (Å²) in [5, 5.41) is 12.2. The topological polar surface area (TPSA) is 123 Å². The van der Waals surface area contributed by atoms with Gasteiger partial charge in [0.15, 0.2) is 0 Å². The van der Waals surface area contributed by atoms with Crippen LogP contribution >= 0.6 is 0 Å². The lowest BCUT2D eigenvalue weighted by atomic mass is 9.87. The number of amides is 4. The predicted molar refractivity (Wildman–Crippen MR) is 182 cm³/mol. The molecule has 2 fully saturated rings. The summed E-state index contributed by atoms with van der Waals surface area (Å²) in [6.07, 6.45) is 7.80. The molecule has 0 unspecified atom stereocenters. The van der Waals surface area contributed by atoms with Crippen LogP contribution in [0.15, 0.2) is 54.6 Å². The summed E-state index contributed by atoms with van der Waals surface area (Å²) in [5.41, 5.74) is 3.57. The van der Waals surface area contributed by atoms with Gasteiger partial charge in [0.05, 0.1) is 12.1 Å². The second-order valence-corrected chi connectivity index (χ2v) is 13.4. The molecule has 0 aromatic heterocycles. The summed E-state index contributed by atoms with van der Waals surface area (Å²) in [4.78, 5) is 57.9. The summed E-state index contributed by atoms with van der Waals surface area (Å²) in [6.45, 7) is 4.17. The maximum Gasteiger partial charge on any atom is 0.245 e. The molecule has 2 aliphatic heterocycles. The third-order valence-electron chi connectivity index (χ3n) is 10.1. The molecule has 5 rings (SSSR count). The third kappa shape index (κ3) is 9.20. The molecule has 2 heterocycles. The van der Waals surface area contributed by atoms with Gasteiger partial charge in [-0.05, 0) is 95.0 Å². The van der Waals surface area contributed by atoms with E-state index in [1.165, 1.54) is 5.56 Å². The van der Waals surface area contributed by atoms with Crippen LogP contribution in [-0.2, 0) is 32.0 Å². The van der Waals surface area contributed by atoms with E-state index in [1.54, 1.807) is 18.9 Å². The monoisotopic (exact) mass is 644 g/mol. The molecule has 4 N–H and O–H groups in total. The molecule has 2 aromatic carbocycles. The second-order valence-electron chi connectivity index (χ2n) is 13.4. The van der Waals surface area contributed by atoms with Crippen molar-refractivity contribution in [2.24, 2.45) is 0 Å². The van der Waals surface area contributed by atoms with Crippen molar-refractivity contribution >= 4 is 23.6 Å². The zero-order chi connectivity index (χ0) is 33.2. The SMILES string of the molecule is CN[C@@H](C)C(=O)N[C@@H](CCCCNC(=O)CCc1ccccc1)C(=O)N1C[C@H]2CCCN2C[C@H]1C(=O)N[C@@H]1CCCc2ccccc21. The average molecular weight is 645 g/mol. The minimum Gasteiger partial charge on any atom is -0.356 e. The van der Waals surface area contributed by atoms with Crippen LogP contribution in [0.4, 0.5) is 0 Å². The standard InChI is InChI=1S/C37H52N6O4/c1-26(38-2)35(45)41-32(18-8-9-22-39-34(44)21-20-27-12-4-3-5-13-27)37(47)43-24-29-16-11-23-42(29)25-33(43)36(46)40-31-19-10-15-28-14-6-7-17-30(28)31/h3-7,12-14,17,26,29,31-33,38H,8-11,15-16,18-25H2,1-2H3,(H,39,44)(H,40,46)(H,41,45)/t26-,29+,31+,32-,33-/m0/s1. The number of carbonyl (C=O) groups is 4. The second kappa shape index (κ2) is 16.9. The summed E-state index contributed by atoms with van der Waals surface area (Å²) < 4.78 is 0. The highest BCUT2D eigenvalue weighted by atomic mass is 16.2. The first-order valence-corrected chi connectivity index (χ1v) is 17.5. The first kappa shape index (κ1) is 34.6.